The molecule has 0 aliphatic carbocycles. The number of piperazine rings is 1. The zero-order chi connectivity index (χ0) is 15.7. The lowest BCUT2D eigenvalue weighted by Crippen LogP contribution is -2.49. The van der Waals surface area contributed by atoms with Crippen LogP contribution in [0.5, 0.6) is 0 Å². The zero-order valence-corrected chi connectivity index (χ0v) is 13.7. The molecule has 5 nitrogen and oxygen atoms in total. The van der Waals surface area contributed by atoms with E-state index in [1.54, 1.807) is 17.2 Å². The number of halogens is 2. The summed E-state index contributed by atoms with van der Waals surface area (Å²) in [7, 11) is 1.89. The molecule has 0 radical (unpaired) electrons. The molecule has 7 heteroatoms. The average molecular weight is 367 g/mol. The van der Waals surface area contributed by atoms with E-state index in [9.17, 15) is 9.18 Å². The lowest BCUT2D eigenvalue weighted by Gasteiger charge is -2.35. The Morgan fingerprint density at radius 1 is 1.50 bits per heavy atom. The lowest BCUT2D eigenvalue weighted by atomic mass is 10.1. The fourth-order valence-electron chi connectivity index (χ4n) is 2.69. The number of aryl methyl sites for hydroxylation is 1. The average Bonchev–Trinajstić information content (AvgIpc) is 2.93. The molecule has 1 aromatic heterocycles. The minimum atomic E-state index is -0.517. The maximum absolute atomic E-state index is 14.1. The Kier molecular flexibility index (Phi) is 4.26. The largest absolute Gasteiger partial charge is 0.336 e. The van der Waals surface area contributed by atoms with Crippen LogP contribution in [0.25, 0.3) is 0 Å². The van der Waals surface area contributed by atoms with E-state index in [0.29, 0.717) is 24.1 Å². The van der Waals surface area contributed by atoms with Gasteiger partial charge in [0.25, 0.3) is 5.91 Å². The van der Waals surface area contributed by atoms with Gasteiger partial charge >= 0.3 is 0 Å². The van der Waals surface area contributed by atoms with Crippen LogP contribution in [0.2, 0.25) is 0 Å². The highest BCUT2D eigenvalue weighted by molar-refractivity contribution is 9.10. The number of amides is 1. The Morgan fingerprint density at radius 3 is 3.00 bits per heavy atom. The second-order valence-electron chi connectivity index (χ2n) is 5.24. The summed E-state index contributed by atoms with van der Waals surface area (Å²) in [6.45, 7) is 1.81. The molecule has 1 aliphatic heterocycles. The van der Waals surface area contributed by atoms with Gasteiger partial charge in [0.05, 0.1) is 5.56 Å². The van der Waals surface area contributed by atoms with Gasteiger partial charge in [-0.15, -0.1) is 0 Å². The van der Waals surface area contributed by atoms with Crippen molar-refractivity contribution in [3.05, 3.63) is 52.3 Å². The van der Waals surface area contributed by atoms with Crippen LogP contribution in [0, 0.1) is 5.82 Å². The van der Waals surface area contributed by atoms with Gasteiger partial charge in [-0.1, -0.05) is 15.9 Å². The van der Waals surface area contributed by atoms with Crippen LogP contribution < -0.4 is 5.32 Å². The Hall–Kier alpha value is -1.73. The first kappa shape index (κ1) is 15.2. The summed E-state index contributed by atoms with van der Waals surface area (Å²) >= 11 is 3.21. The lowest BCUT2D eigenvalue weighted by molar-refractivity contribution is 0.0616. The van der Waals surface area contributed by atoms with Gasteiger partial charge in [0.1, 0.15) is 17.7 Å². The molecule has 2 aromatic rings. The van der Waals surface area contributed by atoms with Crippen molar-refractivity contribution < 1.29 is 9.18 Å². The van der Waals surface area contributed by atoms with Crippen LogP contribution in [0.15, 0.2) is 35.1 Å². The van der Waals surface area contributed by atoms with Crippen LogP contribution in [0.4, 0.5) is 4.39 Å². The second kappa shape index (κ2) is 6.18. The number of nitrogens with zero attached hydrogens (tertiary/aromatic N) is 3. The summed E-state index contributed by atoms with van der Waals surface area (Å²) in [5, 5.41) is 3.26. The number of hydrogen-bond acceptors (Lipinski definition) is 3. The van der Waals surface area contributed by atoms with Crippen molar-refractivity contribution in [1.29, 1.82) is 0 Å². The zero-order valence-electron chi connectivity index (χ0n) is 12.1. The smallest absolute Gasteiger partial charge is 0.257 e. The van der Waals surface area contributed by atoms with Gasteiger partial charge in [-0.25, -0.2) is 9.37 Å². The number of imidazole rings is 1. The molecule has 0 spiro atoms. The van der Waals surface area contributed by atoms with Crippen LogP contribution in [0.1, 0.15) is 22.2 Å². The van der Waals surface area contributed by atoms with Crippen molar-refractivity contribution in [1.82, 2.24) is 19.8 Å². The van der Waals surface area contributed by atoms with Crippen molar-refractivity contribution in [3.63, 3.8) is 0 Å². The molecule has 1 unspecified atom stereocenters. The highest BCUT2D eigenvalue weighted by Gasteiger charge is 2.32. The molecule has 1 amide bonds. The topological polar surface area (TPSA) is 50.2 Å². The normalized spacial score (nSPS) is 18.5. The number of carbonyl (C=O) groups is 1. The van der Waals surface area contributed by atoms with Crippen LogP contribution in [-0.2, 0) is 7.05 Å². The Morgan fingerprint density at radius 2 is 2.32 bits per heavy atom. The first-order chi connectivity index (χ1) is 10.6. The third-order valence-corrected chi connectivity index (χ3v) is 4.32. The molecular weight excluding hydrogens is 351 g/mol. The van der Waals surface area contributed by atoms with E-state index in [0.717, 1.165) is 5.82 Å². The van der Waals surface area contributed by atoms with Crippen molar-refractivity contribution in [2.75, 3.05) is 19.6 Å². The molecule has 0 bridgehead atoms. The molecular formula is C15H16BrFN4O. The minimum absolute atomic E-state index is 0.0873. The summed E-state index contributed by atoms with van der Waals surface area (Å²) in [5.74, 6) is -0.0333. The highest BCUT2D eigenvalue weighted by Crippen LogP contribution is 2.24. The number of benzene rings is 1. The highest BCUT2D eigenvalue weighted by atomic mass is 79.9. The summed E-state index contributed by atoms with van der Waals surface area (Å²) in [5.41, 5.74) is 0.0873. The monoisotopic (exact) mass is 366 g/mol. The molecule has 1 N–H and O–H groups in total. The molecule has 1 atom stereocenters. The number of nitrogens with one attached hydrogen (secondary N) is 1. The molecule has 0 saturated carbocycles. The molecule has 1 saturated heterocycles. The number of rotatable bonds is 2. The van der Waals surface area contributed by atoms with Crippen LogP contribution in [-0.4, -0.2) is 40.0 Å². The van der Waals surface area contributed by atoms with Gasteiger partial charge in [0.15, 0.2) is 0 Å². The molecule has 22 heavy (non-hydrogen) atoms. The maximum atomic E-state index is 14.1. The summed E-state index contributed by atoms with van der Waals surface area (Å²) in [6, 6.07) is 4.29. The summed E-state index contributed by atoms with van der Waals surface area (Å²) < 4.78 is 16.6. The fourth-order valence-corrected chi connectivity index (χ4v) is 3.03. The maximum Gasteiger partial charge on any atom is 0.257 e. The second-order valence-corrected chi connectivity index (χ2v) is 6.15. The van der Waals surface area contributed by atoms with Gasteiger partial charge in [-0.3, -0.25) is 4.79 Å². The van der Waals surface area contributed by atoms with Crippen molar-refractivity contribution in [2.45, 2.75) is 6.04 Å². The van der Waals surface area contributed by atoms with E-state index in [1.165, 1.54) is 12.1 Å². The third-order valence-electron chi connectivity index (χ3n) is 3.82. The minimum Gasteiger partial charge on any atom is -0.336 e. The first-order valence-electron chi connectivity index (χ1n) is 7.02. The predicted molar refractivity (Wildman–Crippen MR) is 84.0 cm³/mol. The standard InChI is InChI=1S/C15H16BrFN4O/c1-20-6-5-19-14(20)13-9-18-4-7-21(13)15(22)11-3-2-10(16)8-12(11)17/h2-3,5-6,8,13,18H,4,7,9H2,1H3. The Labute approximate surface area is 136 Å². The van der Waals surface area contributed by atoms with E-state index >= 15 is 0 Å². The third kappa shape index (κ3) is 2.78. The SMILES string of the molecule is Cn1ccnc1C1CNCCN1C(=O)c1ccc(Br)cc1F. The van der Waals surface area contributed by atoms with Gasteiger partial charge in [-0.2, -0.15) is 0 Å². The van der Waals surface area contributed by atoms with Crippen LogP contribution >= 0.6 is 15.9 Å². The summed E-state index contributed by atoms with van der Waals surface area (Å²) in [6.07, 6.45) is 3.54. The van der Waals surface area contributed by atoms with Crippen molar-refractivity contribution >= 4 is 21.8 Å². The number of hydrogen-bond donors (Lipinski definition) is 1. The molecule has 1 fully saturated rings. The van der Waals surface area contributed by atoms with Crippen molar-refractivity contribution in [3.8, 4) is 0 Å². The van der Waals surface area contributed by atoms with Gasteiger partial charge in [0.2, 0.25) is 0 Å². The van der Waals surface area contributed by atoms with E-state index in [4.69, 9.17) is 0 Å². The fraction of sp³-hybridized carbons (Fsp3) is 0.333. The molecule has 3 rings (SSSR count). The van der Waals surface area contributed by atoms with Gasteiger partial charge in [-0.05, 0) is 18.2 Å². The van der Waals surface area contributed by atoms with E-state index in [1.807, 2.05) is 17.8 Å². The Balaban J connectivity index is 1.93. The number of carbonyl (C=O) groups excluding carboxylic acids is 1. The summed E-state index contributed by atoms with van der Waals surface area (Å²) in [4.78, 5) is 18.8. The van der Waals surface area contributed by atoms with E-state index < -0.39 is 5.82 Å². The van der Waals surface area contributed by atoms with Crippen molar-refractivity contribution in [2.24, 2.45) is 7.05 Å². The molecule has 2 heterocycles. The van der Waals surface area contributed by atoms with Gasteiger partial charge < -0.3 is 14.8 Å². The predicted octanol–water partition coefficient (Wildman–Crippen LogP) is 2.11. The van der Waals surface area contributed by atoms with Gasteiger partial charge in [0, 0.05) is 43.5 Å². The van der Waals surface area contributed by atoms with E-state index in [-0.39, 0.29) is 17.5 Å². The Bertz CT molecular complexity index is 703. The van der Waals surface area contributed by atoms with Crippen LogP contribution in [0.3, 0.4) is 0 Å². The first-order valence-corrected chi connectivity index (χ1v) is 7.81. The molecule has 1 aliphatic rings. The molecule has 116 valence electrons. The van der Waals surface area contributed by atoms with E-state index in [2.05, 4.69) is 26.2 Å². The quantitative estimate of drug-likeness (QED) is 0.885. The molecule has 1 aromatic carbocycles. The number of aromatic nitrogens is 2.